The van der Waals surface area contributed by atoms with Gasteiger partial charge in [0.1, 0.15) is 0 Å². The molecule has 0 aliphatic heterocycles. The van der Waals surface area contributed by atoms with Crippen LogP contribution in [0.2, 0.25) is 0 Å². The summed E-state index contributed by atoms with van der Waals surface area (Å²) < 4.78 is 5.26. The molecule has 1 rings (SSSR count). The molecule has 1 saturated carbocycles. The zero-order valence-electron chi connectivity index (χ0n) is 9.72. The standard InChI is InChI=1S/C12H25NO/c1-13-12(10-14-2)11-8-6-4-3-5-7-9-11/h11-13H,3-10H2,1-2H3. The number of hydrogen-bond donors (Lipinski definition) is 1. The largest absolute Gasteiger partial charge is 0.383 e. The molecule has 0 aromatic carbocycles. The van der Waals surface area contributed by atoms with Gasteiger partial charge in [-0.2, -0.15) is 0 Å². The summed E-state index contributed by atoms with van der Waals surface area (Å²) in [5.41, 5.74) is 0. The lowest BCUT2D eigenvalue weighted by molar-refractivity contribution is 0.133. The molecule has 1 unspecified atom stereocenters. The van der Waals surface area contributed by atoms with E-state index in [0.717, 1.165) is 12.5 Å². The normalized spacial score (nSPS) is 22.7. The second-order valence-electron chi connectivity index (χ2n) is 4.46. The van der Waals surface area contributed by atoms with E-state index in [1.54, 1.807) is 7.11 Å². The van der Waals surface area contributed by atoms with E-state index in [9.17, 15) is 0 Å². The van der Waals surface area contributed by atoms with E-state index in [0.29, 0.717) is 6.04 Å². The molecule has 0 saturated heterocycles. The number of likely N-dealkylation sites (N-methyl/N-ethyl adjacent to an activating group) is 1. The van der Waals surface area contributed by atoms with Crippen molar-refractivity contribution in [1.29, 1.82) is 0 Å². The maximum absolute atomic E-state index is 5.26. The quantitative estimate of drug-likeness (QED) is 0.751. The van der Waals surface area contributed by atoms with Crippen molar-refractivity contribution >= 4 is 0 Å². The lowest BCUT2D eigenvalue weighted by atomic mass is 9.86. The smallest absolute Gasteiger partial charge is 0.0618 e. The molecule has 0 spiro atoms. The summed E-state index contributed by atoms with van der Waals surface area (Å²) in [4.78, 5) is 0. The molecule has 2 heteroatoms. The van der Waals surface area contributed by atoms with Gasteiger partial charge in [-0.1, -0.05) is 32.1 Å². The summed E-state index contributed by atoms with van der Waals surface area (Å²) in [6, 6.07) is 0.568. The van der Waals surface area contributed by atoms with Gasteiger partial charge in [0, 0.05) is 13.2 Å². The fraction of sp³-hybridized carbons (Fsp3) is 1.00. The highest BCUT2D eigenvalue weighted by Gasteiger charge is 2.20. The van der Waals surface area contributed by atoms with Gasteiger partial charge < -0.3 is 10.1 Å². The lowest BCUT2D eigenvalue weighted by Crippen LogP contribution is -2.37. The fourth-order valence-electron chi connectivity index (χ4n) is 2.52. The van der Waals surface area contributed by atoms with E-state index in [4.69, 9.17) is 4.74 Å². The van der Waals surface area contributed by atoms with Crippen molar-refractivity contribution in [3.63, 3.8) is 0 Å². The average molecular weight is 199 g/mol. The first-order valence-electron chi connectivity index (χ1n) is 6.04. The first-order chi connectivity index (χ1) is 6.88. The third-order valence-electron chi connectivity index (χ3n) is 3.44. The van der Waals surface area contributed by atoms with Crippen LogP contribution in [0.15, 0.2) is 0 Å². The van der Waals surface area contributed by atoms with Crippen LogP contribution in [0.5, 0.6) is 0 Å². The zero-order valence-corrected chi connectivity index (χ0v) is 9.72. The van der Waals surface area contributed by atoms with Crippen LogP contribution in [0.4, 0.5) is 0 Å². The van der Waals surface area contributed by atoms with E-state index < -0.39 is 0 Å². The maximum atomic E-state index is 5.26. The molecule has 1 N–H and O–H groups in total. The fourth-order valence-corrected chi connectivity index (χ4v) is 2.52. The van der Waals surface area contributed by atoms with Crippen LogP contribution >= 0.6 is 0 Å². The summed E-state index contributed by atoms with van der Waals surface area (Å²) >= 11 is 0. The molecule has 2 nitrogen and oxygen atoms in total. The Morgan fingerprint density at radius 1 is 1.14 bits per heavy atom. The highest BCUT2D eigenvalue weighted by atomic mass is 16.5. The molecule has 14 heavy (non-hydrogen) atoms. The molecule has 0 heterocycles. The van der Waals surface area contributed by atoms with E-state index in [-0.39, 0.29) is 0 Å². The van der Waals surface area contributed by atoms with Crippen molar-refractivity contribution in [2.24, 2.45) is 5.92 Å². The van der Waals surface area contributed by atoms with Gasteiger partial charge in [0.05, 0.1) is 6.61 Å². The highest BCUT2D eigenvalue weighted by Crippen LogP contribution is 2.24. The highest BCUT2D eigenvalue weighted by molar-refractivity contribution is 4.76. The minimum atomic E-state index is 0.568. The third-order valence-corrected chi connectivity index (χ3v) is 3.44. The van der Waals surface area contributed by atoms with Crippen molar-refractivity contribution < 1.29 is 4.74 Å². The lowest BCUT2D eigenvalue weighted by Gasteiger charge is -2.27. The van der Waals surface area contributed by atoms with Crippen LogP contribution in [0, 0.1) is 5.92 Å². The van der Waals surface area contributed by atoms with E-state index in [1.165, 1.54) is 44.9 Å². The minimum absolute atomic E-state index is 0.568. The van der Waals surface area contributed by atoms with E-state index in [1.807, 2.05) is 0 Å². The average Bonchev–Trinajstić information content (AvgIpc) is 2.15. The monoisotopic (exact) mass is 199 g/mol. The molecule has 1 aliphatic carbocycles. The summed E-state index contributed by atoms with van der Waals surface area (Å²) in [6.45, 7) is 0.862. The Labute approximate surface area is 88.4 Å². The summed E-state index contributed by atoms with van der Waals surface area (Å²) in [5.74, 6) is 0.834. The van der Waals surface area contributed by atoms with Gasteiger partial charge in [0.15, 0.2) is 0 Å². The summed E-state index contributed by atoms with van der Waals surface area (Å²) in [5, 5.41) is 3.40. The molecule has 0 amide bonds. The number of hydrogen-bond acceptors (Lipinski definition) is 2. The Morgan fingerprint density at radius 2 is 1.71 bits per heavy atom. The van der Waals surface area contributed by atoms with Gasteiger partial charge in [-0.05, 0) is 25.8 Å². The van der Waals surface area contributed by atoms with Crippen molar-refractivity contribution in [3.05, 3.63) is 0 Å². The van der Waals surface area contributed by atoms with Crippen molar-refractivity contribution in [2.45, 2.75) is 51.0 Å². The molecular formula is C12H25NO. The number of ether oxygens (including phenoxy) is 1. The second kappa shape index (κ2) is 7.24. The first-order valence-corrected chi connectivity index (χ1v) is 6.04. The zero-order chi connectivity index (χ0) is 10.2. The van der Waals surface area contributed by atoms with Crippen LogP contribution in [-0.2, 0) is 4.74 Å². The Kier molecular flexibility index (Phi) is 6.20. The Hall–Kier alpha value is -0.0800. The molecule has 1 atom stereocenters. The van der Waals surface area contributed by atoms with Gasteiger partial charge in [-0.3, -0.25) is 0 Å². The van der Waals surface area contributed by atoms with Crippen LogP contribution in [0.3, 0.4) is 0 Å². The Morgan fingerprint density at radius 3 is 2.21 bits per heavy atom. The summed E-state index contributed by atoms with van der Waals surface area (Å²) in [6.07, 6.45) is 9.89. The summed E-state index contributed by atoms with van der Waals surface area (Å²) in [7, 11) is 3.86. The molecular weight excluding hydrogens is 174 g/mol. The van der Waals surface area contributed by atoms with Gasteiger partial charge in [-0.25, -0.2) is 0 Å². The molecule has 1 fully saturated rings. The van der Waals surface area contributed by atoms with Crippen LogP contribution < -0.4 is 5.32 Å². The van der Waals surface area contributed by atoms with Crippen LogP contribution in [0.1, 0.15) is 44.9 Å². The number of methoxy groups -OCH3 is 1. The first kappa shape index (κ1) is 12.0. The molecule has 1 aliphatic rings. The predicted molar refractivity (Wildman–Crippen MR) is 60.5 cm³/mol. The van der Waals surface area contributed by atoms with Gasteiger partial charge in [-0.15, -0.1) is 0 Å². The van der Waals surface area contributed by atoms with Crippen LogP contribution in [-0.4, -0.2) is 26.8 Å². The topological polar surface area (TPSA) is 21.3 Å². The molecule has 0 aromatic heterocycles. The van der Waals surface area contributed by atoms with Gasteiger partial charge >= 0.3 is 0 Å². The molecule has 0 aromatic rings. The minimum Gasteiger partial charge on any atom is -0.383 e. The van der Waals surface area contributed by atoms with Crippen molar-refractivity contribution in [2.75, 3.05) is 20.8 Å². The molecule has 0 radical (unpaired) electrons. The molecule has 84 valence electrons. The van der Waals surface area contributed by atoms with Crippen LogP contribution in [0.25, 0.3) is 0 Å². The maximum Gasteiger partial charge on any atom is 0.0618 e. The van der Waals surface area contributed by atoms with Gasteiger partial charge in [0.2, 0.25) is 0 Å². The van der Waals surface area contributed by atoms with Gasteiger partial charge in [0.25, 0.3) is 0 Å². The van der Waals surface area contributed by atoms with E-state index in [2.05, 4.69) is 12.4 Å². The number of rotatable bonds is 4. The van der Waals surface area contributed by atoms with Crippen molar-refractivity contribution in [1.82, 2.24) is 5.32 Å². The Bertz CT molecular complexity index is 130. The number of nitrogens with one attached hydrogen (secondary N) is 1. The SMILES string of the molecule is CNC(COC)C1CCCCCCC1. The predicted octanol–water partition coefficient (Wildman–Crippen LogP) is 2.58. The third kappa shape index (κ3) is 3.97. The van der Waals surface area contributed by atoms with Crippen molar-refractivity contribution in [3.8, 4) is 0 Å². The molecule has 0 bridgehead atoms. The Balaban J connectivity index is 2.35. The second-order valence-corrected chi connectivity index (χ2v) is 4.46. The van der Waals surface area contributed by atoms with E-state index >= 15 is 0 Å².